The lowest BCUT2D eigenvalue weighted by atomic mass is 9.82. The van der Waals surface area contributed by atoms with E-state index in [1.54, 1.807) is 0 Å². The Morgan fingerprint density at radius 3 is 1.61 bits per heavy atom. The predicted molar refractivity (Wildman–Crippen MR) is 146 cm³/mol. The van der Waals surface area contributed by atoms with Crippen LogP contribution in [0.5, 0.6) is 0 Å². The van der Waals surface area contributed by atoms with Gasteiger partial charge in [-0.2, -0.15) is 0 Å². The van der Waals surface area contributed by atoms with E-state index < -0.39 is 0 Å². The third-order valence-electron chi connectivity index (χ3n) is 7.39. The molecule has 0 unspecified atom stereocenters. The highest BCUT2D eigenvalue weighted by Crippen LogP contribution is 2.38. The van der Waals surface area contributed by atoms with Crippen molar-refractivity contribution in [2.75, 3.05) is 4.90 Å². The van der Waals surface area contributed by atoms with Crippen molar-refractivity contribution in [1.29, 1.82) is 0 Å². The van der Waals surface area contributed by atoms with Crippen molar-refractivity contribution in [2.24, 2.45) is 0 Å². The summed E-state index contributed by atoms with van der Waals surface area (Å²) < 4.78 is 0. The normalized spacial score (nSPS) is 11.9. The number of benzene rings is 3. The van der Waals surface area contributed by atoms with Crippen molar-refractivity contribution in [3.05, 3.63) is 102 Å². The van der Waals surface area contributed by atoms with E-state index in [-0.39, 0.29) is 10.8 Å². The van der Waals surface area contributed by atoms with Gasteiger partial charge in [0.15, 0.2) is 0 Å². The number of rotatable bonds is 10. The smallest absolute Gasteiger partial charge is 0.0464 e. The molecule has 0 aliphatic heterocycles. The quantitative estimate of drug-likeness (QED) is 0.284. The van der Waals surface area contributed by atoms with E-state index in [2.05, 4.69) is 126 Å². The molecule has 0 amide bonds. The maximum absolute atomic E-state index is 3.89. The minimum atomic E-state index is 0.182. The van der Waals surface area contributed by atoms with Crippen LogP contribution in [-0.4, -0.2) is 0 Å². The molecule has 0 aromatic heterocycles. The van der Waals surface area contributed by atoms with Gasteiger partial charge in [0.05, 0.1) is 0 Å². The van der Waals surface area contributed by atoms with Crippen molar-refractivity contribution in [3.8, 4) is 0 Å². The minimum Gasteiger partial charge on any atom is -0.310 e. The molecule has 0 heterocycles. The SMILES string of the molecule is C=CCCc1cccc(N(c2ccc(C(C)(C)CC)cc2)c2ccc(C(C)(C)CC)cc2)c1. The number of hydrogen-bond donors (Lipinski definition) is 0. The van der Waals surface area contributed by atoms with Gasteiger partial charge in [-0.3, -0.25) is 0 Å². The lowest BCUT2D eigenvalue weighted by Crippen LogP contribution is -2.17. The van der Waals surface area contributed by atoms with Crippen LogP contribution in [0.25, 0.3) is 0 Å². The predicted octanol–water partition coefficient (Wildman–Crippen LogP) is 9.65. The molecule has 1 heteroatoms. The Balaban J connectivity index is 2.07. The molecule has 3 aromatic rings. The van der Waals surface area contributed by atoms with Crippen molar-refractivity contribution in [3.63, 3.8) is 0 Å². The van der Waals surface area contributed by atoms with E-state index >= 15 is 0 Å². The number of nitrogens with zero attached hydrogens (tertiary/aromatic N) is 1. The third kappa shape index (κ3) is 5.77. The summed E-state index contributed by atoms with van der Waals surface area (Å²) in [6.07, 6.45) is 6.24. The summed E-state index contributed by atoms with van der Waals surface area (Å²) >= 11 is 0. The molecule has 3 aromatic carbocycles. The van der Waals surface area contributed by atoms with E-state index in [0.29, 0.717) is 0 Å². The van der Waals surface area contributed by atoms with Gasteiger partial charge in [-0.05, 0) is 89.6 Å². The van der Waals surface area contributed by atoms with Crippen LogP contribution < -0.4 is 4.90 Å². The number of anilines is 3. The van der Waals surface area contributed by atoms with Gasteiger partial charge in [0, 0.05) is 17.1 Å². The van der Waals surface area contributed by atoms with Gasteiger partial charge in [-0.1, -0.05) is 84.0 Å². The number of hydrogen-bond acceptors (Lipinski definition) is 1. The second kappa shape index (κ2) is 10.4. The highest BCUT2D eigenvalue weighted by molar-refractivity contribution is 5.77. The molecule has 0 fully saturated rings. The summed E-state index contributed by atoms with van der Waals surface area (Å²) in [7, 11) is 0. The molecule has 174 valence electrons. The minimum absolute atomic E-state index is 0.182. The first kappa shape index (κ1) is 24.8. The largest absolute Gasteiger partial charge is 0.310 e. The highest BCUT2D eigenvalue weighted by Gasteiger charge is 2.21. The number of allylic oxidation sites excluding steroid dienone is 1. The molecule has 0 N–H and O–H groups in total. The summed E-state index contributed by atoms with van der Waals surface area (Å²) in [6, 6.07) is 27.2. The van der Waals surface area contributed by atoms with E-state index in [4.69, 9.17) is 0 Å². The molecule has 0 atom stereocenters. The first-order valence-corrected chi connectivity index (χ1v) is 12.4. The fraction of sp³-hybridized carbons (Fsp3) is 0.375. The van der Waals surface area contributed by atoms with Crippen molar-refractivity contribution >= 4 is 17.1 Å². The molecule has 0 saturated heterocycles. The average molecular weight is 440 g/mol. The van der Waals surface area contributed by atoms with Crippen molar-refractivity contribution in [2.45, 2.75) is 78.1 Å². The topological polar surface area (TPSA) is 3.24 Å². The molecule has 0 spiro atoms. The van der Waals surface area contributed by atoms with E-state index in [0.717, 1.165) is 25.7 Å². The number of aryl methyl sites for hydroxylation is 1. The van der Waals surface area contributed by atoms with E-state index in [9.17, 15) is 0 Å². The van der Waals surface area contributed by atoms with Crippen LogP contribution in [0.4, 0.5) is 17.1 Å². The molecule has 0 saturated carbocycles. The third-order valence-corrected chi connectivity index (χ3v) is 7.39. The van der Waals surface area contributed by atoms with Gasteiger partial charge < -0.3 is 4.90 Å². The summed E-state index contributed by atoms with van der Waals surface area (Å²) in [5.74, 6) is 0. The lowest BCUT2D eigenvalue weighted by molar-refractivity contribution is 0.506. The van der Waals surface area contributed by atoms with Crippen molar-refractivity contribution in [1.82, 2.24) is 0 Å². The second-order valence-electron chi connectivity index (χ2n) is 10.4. The molecule has 0 bridgehead atoms. The van der Waals surface area contributed by atoms with E-state index in [1.165, 1.54) is 33.8 Å². The van der Waals surface area contributed by atoms with Crippen LogP contribution in [0.2, 0.25) is 0 Å². The molecule has 0 aliphatic rings. The molecular formula is C32H41N. The average Bonchev–Trinajstić information content (AvgIpc) is 2.84. The van der Waals surface area contributed by atoms with Crippen LogP contribution in [-0.2, 0) is 17.3 Å². The highest BCUT2D eigenvalue weighted by atomic mass is 15.1. The zero-order chi connectivity index (χ0) is 24.1. The first-order chi connectivity index (χ1) is 15.7. The van der Waals surface area contributed by atoms with Crippen LogP contribution in [0.1, 0.15) is 77.5 Å². The lowest BCUT2D eigenvalue weighted by Gasteiger charge is -2.29. The van der Waals surface area contributed by atoms with E-state index in [1.807, 2.05) is 6.08 Å². The maximum atomic E-state index is 3.89. The Labute approximate surface area is 202 Å². The van der Waals surface area contributed by atoms with Gasteiger partial charge in [0.1, 0.15) is 0 Å². The molecule has 3 rings (SSSR count). The Bertz CT molecular complexity index is 979. The molecule has 33 heavy (non-hydrogen) atoms. The molecule has 1 nitrogen and oxygen atoms in total. The van der Waals surface area contributed by atoms with Crippen LogP contribution >= 0.6 is 0 Å². The maximum Gasteiger partial charge on any atom is 0.0464 e. The fourth-order valence-electron chi connectivity index (χ4n) is 4.10. The Morgan fingerprint density at radius 1 is 0.697 bits per heavy atom. The fourth-order valence-corrected chi connectivity index (χ4v) is 4.10. The molecule has 0 radical (unpaired) electrons. The van der Waals surface area contributed by atoms with Crippen LogP contribution in [0.15, 0.2) is 85.5 Å². The summed E-state index contributed by atoms with van der Waals surface area (Å²) in [5.41, 5.74) is 8.04. The van der Waals surface area contributed by atoms with Gasteiger partial charge in [0.2, 0.25) is 0 Å². The van der Waals surface area contributed by atoms with Crippen molar-refractivity contribution < 1.29 is 0 Å². The first-order valence-electron chi connectivity index (χ1n) is 12.4. The van der Waals surface area contributed by atoms with Gasteiger partial charge in [-0.25, -0.2) is 0 Å². The van der Waals surface area contributed by atoms with Gasteiger partial charge in [0.25, 0.3) is 0 Å². The summed E-state index contributed by atoms with van der Waals surface area (Å²) in [6.45, 7) is 17.7. The van der Waals surface area contributed by atoms with Crippen LogP contribution in [0.3, 0.4) is 0 Å². The van der Waals surface area contributed by atoms with Gasteiger partial charge >= 0.3 is 0 Å². The monoisotopic (exact) mass is 439 g/mol. The standard InChI is InChI=1S/C32H41N/c1-8-11-13-25-14-12-15-30(24-25)33(28-20-16-26(17-21-28)31(4,5)9-2)29-22-18-27(19-23-29)32(6,7)10-3/h8,12,14-24H,1,9-11,13H2,2-7H3. The summed E-state index contributed by atoms with van der Waals surface area (Å²) in [5, 5.41) is 0. The van der Waals surface area contributed by atoms with Crippen LogP contribution in [0, 0.1) is 0 Å². The zero-order valence-electron chi connectivity index (χ0n) is 21.5. The second-order valence-corrected chi connectivity index (χ2v) is 10.4. The Hall–Kier alpha value is -2.80. The summed E-state index contributed by atoms with van der Waals surface area (Å²) in [4.78, 5) is 2.38. The van der Waals surface area contributed by atoms with Gasteiger partial charge in [-0.15, -0.1) is 6.58 Å². The molecule has 0 aliphatic carbocycles. The molecular weight excluding hydrogens is 398 g/mol. The Kier molecular flexibility index (Phi) is 7.84. The zero-order valence-corrected chi connectivity index (χ0v) is 21.5. The Morgan fingerprint density at radius 2 is 1.18 bits per heavy atom.